The van der Waals surface area contributed by atoms with Gasteiger partial charge in [0.2, 0.25) is 5.91 Å². The molecule has 2 aliphatic carbocycles. The zero-order valence-corrected chi connectivity index (χ0v) is 10.7. The fourth-order valence-electron chi connectivity index (χ4n) is 4.07. The second kappa shape index (κ2) is 4.97. The lowest BCUT2D eigenvalue weighted by Crippen LogP contribution is -2.35. The Hall–Kier alpha value is -0.570. The first-order chi connectivity index (χ1) is 8.33. The van der Waals surface area contributed by atoms with Crippen molar-refractivity contribution >= 4 is 5.91 Å². The number of carbonyl (C=O) groups excluding carboxylic acids is 1. The molecule has 17 heavy (non-hydrogen) atoms. The van der Waals surface area contributed by atoms with Gasteiger partial charge in [-0.15, -0.1) is 0 Å². The van der Waals surface area contributed by atoms with Crippen LogP contribution in [0.1, 0.15) is 38.5 Å². The number of amides is 1. The van der Waals surface area contributed by atoms with Gasteiger partial charge in [0.25, 0.3) is 0 Å². The van der Waals surface area contributed by atoms with Crippen LogP contribution in [0.5, 0.6) is 0 Å². The van der Waals surface area contributed by atoms with Crippen LogP contribution in [0, 0.1) is 17.8 Å². The van der Waals surface area contributed by atoms with E-state index in [1.807, 2.05) is 0 Å². The van der Waals surface area contributed by atoms with Crippen LogP contribution in [0.15, 0.2) is 0 Å². The summed E-state index contributed by atoms with van der Waals surface area (Å²) in [4.78, 5) is 14.4. The normalized spacial score (nSPS) is 37.2. The highest BCUT2D eigenvalue weighted by Crippen LogP contribution is 2.49. The maximum atomic E-state index is 12.3. The van der Waals surface area contributed by atoms with Gasteiger partial charge in [-0.2, -0.15) is 0 Å². The molecule has 3 rings (SSSR count). The first-order valence-electron chi connectivity index (χ1n) is 7.31. The topological polar surface area (TPSA) is 32.3 Å². The van der Waals surface area contributed by atoms with Gasteiger partial charge < -0.3 is 10.2 Å². The standard InChI is InChI=1S/C14H24N2O/c17-14(16-6-1-4-15-5-7-16)10-13-9-11-2-3-12(13)8-11/h11-13,15H,1-10H2. The Labute approximate surface area is 104 Å². The fourth-order valence-corrected chi connectivity index (χ4v) is 4.07. The van der Waals surface area contributed by atoms with Gasteiger partial charge in [-0.1, -0.05) is 6.42 Å². The SMILES string of the molecule is O=C(CC1CC2CCC1C2)N1CCCNCC1. The van der Waals surface area contributed by atoms with Crippen molar-refractivity contribution in [3.63, 3.8) is 0 Å². The first kappa shape index (κ1) is 11.5. The van der Waals surface area contributed by atoms with E-state index in [2.05, 4.69) is 10.2 Å². The van der Waals surface area contributed by atoms with Crippen LogP contribution in [-0.2, 0) is 4.79 Å². The van der Waals surface area contributed by atoms with E-state index in [9.17, 15) is 4.79 Å². The summed E-state index contributed by atoms with van der Waals surface area (Å²) in [5, 5.41) is 3.36. The third-order valence-electron chi connectivity index (χ3n) is 5.01. The van der Waals surface area contributed by atoms with E-state index in [0.29, 0.717) is 5.91 Å². The van der Waals surface area contributed by atoms with E-state index in [-0.39, 0.29) is 0 Å². The molecule has 3 unspecified atom stereocenters. The molecule has 1 amide bonds. The maximum absolute atomic E-state index is 12.3. The second-order valence-corrected chi connectivity index (χ2v) is 6.12. The van der Waals surface area contributed by atoms with Gasteiger partial charge >= 0.3 is 0 Å². The second-order valence-electron chi connectivity index (χ2n) is 6.12. The minimum atomic E-state index is 0.422. The lowest BCUT2D eigenvalue weighted by Gasteiger charge is -2.25. The van der Waals surface area contributed by atoms with Gasteiger partial charge in [-0.3, -0.25) is 4.79 Å². The van der Waals surface area contributed by atoms with Crippen molar-refractivity contribution in [2.45, 2.75) is 38.5 Å². The van der Waals surface area contributed by atoms with Crippen LogP contribution < -0.4 is 5.32 Å². The Morgan fingerprint density at radius 3 is 2.88 bits per heavy atom. The van der Waals surface area contributed by atoms with E-state index in [1.165, 1.54) is 25.7 Å². The summed E-state index contributed by atoms with van der Waals surface area (Å²) in [5.41, 5.74) is 0. The van der Waals surface area contributed by atoms with Crippen molar-refractivity contribution in [3.8, 4) is 0 Å². The monoisotopic (exact) mass is 236 g/mol. The molecule has 2 saturated carbocycles. The van der Waals surface area contributed by atoms with Crippen LogP contribution in [-0.4, -0.2) is 37.0 Å². The average molecular weight is 236 g/mol. The molecule has 3 heteroatoms. The highest BCUT2D eigenvalue weighted by atomic mass is 16.2. The Balaban J connectivity index is 1.52. The van der Waals surface area contributed by atoms with Crippen molar-refractivity contribution in [2.75, 3.05) is 26.2 Å². The average Bonchev–Trinajstić information content (AvgIpc) is 2.82. The third-order valence-corrected chi connectivity index (χ3v) is 5.01. The molecule has 3 nitrogen and oxygen atoms in total. The molecule has 0 aromatic carbocycles. The number of hydrogen-bond acceptors (Lipinski definition) is 2. The Kier molecular flexibility index (Phi) is 3.37. The van der Waals surface area contributed by atoms with Crippen molar-refractivity contribution in [3.05, 3.63) is 0 Å². The van der Waals surface area contributed by atoms with E-state index in [4.69, 9.17) is 0 Å². The lowest BCUT2D eigenvalue weighted by molar-refractivity contribution is -0.132. The largest absolute Gasteiger partial charge is 0.341 e. The molecule has 96 valence electrons. The van der Waals surface area contributed by atoms with Crippen LogP contribution in [0.2, 0.25) is 0 Å². The molecule has 0 aromatic heterocycles. The van der Waals surface area contributed by atoms with Crippen molar-refractivity contribution < 1.29 is 4.79 Å². The molecule has 3 fully saturated rings. The summed E-state index contributed by atoms with van der Waals surface area (Å²) < 4.78 is 0. The summed E-state index contributed by atoms with van der Waals surface area (Å²) in [5.74, 6) is 2.99. The molecule has 1 aliphatic heterocycles. The molecule has 1 heterocycles. The first-order valence-corrected chi connectivity index (χ1v) is 7.31. The molecule has 0 spiro atoms. The summed E-state index contributed by atoms with van der Waals surface area (Å²) in [6.45, 7) is 3.92. The number of carbonyl (C=O) groups is 1. The number of rotatable bonds is 2. The predicted octanol–water partition coefficient (Wildman–Crippen LogP) is 1.63. The summed E-state index contributed by atoms with van der Waals surface area (Å²) in [6.07, 6.45) is 7.53. The lowest BCUT2D eigenvalue weighted by atomic mass is 9.86. The summed E-state index contributed by atoms with van der Waals surface area (Å²) in [7, 11) is 0. The maximum Gasteiger partial charge on any atom is 0.222 e. The van der Waals surface area contributed by atoms with Gasteiger partial charge in [0.05, 0.1) is 0 Å². The summed E-state index contributed by atoms with van der Waals surface area (Å²) in [6, 6.07) is 0. The Bertz CT molecular complexity index is 284. The van der Waals surface area contributed by atoms with Gasteiger partial charge in [0.15, 0.2) is 0 Å². The van der Waals surface area contributed by atoms with Crippen LogP contribution >= 0.6 is 0 Å². The molecule has 3 aliphatic rings. The number of fused-ring (bicyclic) bond motifs is 2. The molecular weight excluding hydrogens is 212 g/mol. The Morgan fingerprint density at radius 1 is 1.18 bits per heavy atom. The number of nitrogens with zero attached hydrogens (tertiary/aromatic N) is 1. The van der Waals surface area contributed by atoms with Crippen molar-refractivity contribution in [1.82, 2.24) is 10.2 Å². The van der Waals surface area contributed by atoms with Gasteiger partial charge in [0, 0.05) is 26.1 Å². The molecule has 3 atom stereocenters. The molecule has 2 bridgehead atoms. The van der Waals surface area contributed by atoms with Crippen molar-refractivity contribution in [1.29, 1.82) is 0 Å². The third kappa shape index (κ3) is 2.49. The predicted molar refractivity (Wildman–Crippen MR) is 67.6 cm³/mol. The highest BCUT2D eigenvalue weighted by molar-refractivity contribution is 5.76. The van der Waals surface area contributed by atoms with Crippen LogP contribution in [0.3, 0.4) is 0 Å². The van der Waals surface area contributed by atoms with E-state index in [1.54, 1.807) is 0 Å². The molecule has 1 N–H and O–H groups in total. The minimum Gasteiger partial charge on any atom is -0.341 e. The van der Waals surface area contributed by atoms with Crippen LogP contribution in [0.25, 0.3) is 0 Å². The molecule has 1 saturated heterocycles. The van der Waals surface area contributed by atoms with Crippen LogP contribution in [0.4, 0.5) is 0 Å². The van der Waals surface area contributed by atoms with E-state index >= 15 is 0 Å². The van der Waals surface area contributed by atoms with E-state index < -0.39 is 0 Å². The fraction of sp³-hybridized carbons (Fsp3) is 0.929. The Morgan fingerprint density at radius 2 is 2.12 bits per heavy atom. The van der Waals surface area contributed by atoms with E-state index in [0.717, 1.165) is 56.8 Å². The zero-order valence-electron chi connectivity index (χ0n) is 10.7. The quantitative estimate of drug-likeness (QED) is 0.790. The van der Waals surface area contributed by atoms with Gasteiger partial charge in [-0.25, -0.2) is 0 Å². The number of hydrogen-bond donors (Lipinski definition) is 1. The molecule has 0 aromatic rings. The molecular formula is C14H24N2O. The smallest absolute Gasteiger partial charge is 0.222 e. The number of nitrogens with one attached hydrogen (secondary N) is 1. The van der Waals surface area contributed by atoms with Gasteiger partial charge in [0.1, 0.15) is 0 Å². The summed E-state index contributed by atoms with van der Waals surface area (Å²) >= 11 is 0. The highest BCUT2D eigenvalue weighted by Gasteiger charge is 2.40. The molecule has 0 radical (unpaired) electrons. The van der Waals surface area contributed by atoms with Gasteiger partial charge in [-0.05, 0) is 50.0 Å². The zero-order chi connectivity index (χ0) is 11.7. The minimum absolute atomic E-state index is 0.422. The van der Waals surface area contributed by atoms with Crippen molar-refractivity contribution in [2.24, 2.45) is 17.8 Å².